The number of nitrogens with two attached hydrogens (primary N) is 1. The van der Waals surface area contributed by atoms with Crippen LogP contribution in [-0.2, 0) is 6.54 Å². The molecule has 1 atom stereocenters. The first-order valence-corrected chi connectivity index (χ1v) is 7.67. The zero-order valence-electron chi connectivity index (χ0n) is 11.6. The van der Waals surface area contributed by atoms with Gasteiger partial charge in [-0.05, 0) is 26.4 Å². The van der Waals surface area contributed by atoms with Crippen LogP contribution in [0, 0.1) is 0 Å². The lowest BCUT2D eigenvalue weighted by molar-refractivity contribution is 0.0670. The van der Waals surface area contributed by atoms with Gasteiger partial charge in [0.1, 0.15) is 10.7 Å². The standard InChI is InChI=1S/C13H22N4OS/c1-3-10-8-16(2)5-4-6-17(10)13(18)11-9-19-12(7-14)15-11/h9-10H,3-8,14H2,1-2H3. The fraction of sp³-hybridized carbons (Fsp3) is 0.692. The van der Waals surface area contributed by atoms with Gasteiger partial charge in [-0.15, -0.1) is 11.3 Å². The second-order valence-electron chi connectivity index (χ2n) is 5.01. The molecule has 0 saturated carbocycles. The van der Waals surface area contributed by atoms with Gasteiger partial charge in [-0.1, -0.05) is 6.92 Å². The number of hydrogen-bond acceptors (Lipinski definition) is 5. The van der Waals surface area contributed by atoms with Crippen molar-refractivity contribution in [1.29, 1.82) is 0 Å². The molecular weight excluding hydrogens is 260 g/mol. The van der Waals surface area contributed by atoms with Crippen molar-refractivity contribution in [2.45, 2.75) is 32.4 Å². The Bertz CT molecular complexity index is 434. The van der Waals surface area contributed by atoms with E-state index in [1.54, 1.807) is 0 Å². The van der Waals surface area contributed by atoms with Gasteiger partial charge >= 0.3 is 0 Å². The molecule has 2 rings (SSSR count). The van der Waals surface area contributed by atoms with Crippen LogP contribution >= 0.6 is 11.3 Å². The number of carbonyl (C=O) groups is 1. The summed E-state index contributed by atoms with van der Waals surface area (Å²) >= 11 is 1.46. The minimum absolute atomic E-state index is 0.0538. The average molecular weight is 282 g/mol. The zero-order chi connectivity index (χ0) is 13.8. The fourth-order valence-corrected chi connectivity index (χ4v) is 3.16. The lowest BCUT2D eigenvalue weighted by Gasteiger charge is -2.29. The van der Waals surface area contributed by atoms with Crippen molar-refractivity contribution < 1.29 is 4.79 Å². The molecular formula is C13H22N4OS. The molecule has 2 heterocycles. The Morgan fingerprint density at radius 3 is 3.00 bits per heavy atom. The van der Waals surface area contributed by atoms with E-state index in [1.807, 2.05) is 10.3 Å². The summed E-state index contributed by atoms with van der Waals surface area (Å²) in [5, 5.41) is 2.65. The summed E-state index contributed by atoms with van der Waals surface area (Å²) in [6.07, 6.45) is 2.00. The van der Waals surface area contributed by atoms with Crippen LogP contribution in [0.4, 0.5) is 0 Å². The molecule has 1 aliphatic heterocycles. The third kappa shape index (κ3) is 3.32. The van der Waals surface area contributed by atoms with Gasteiger partial charge in [0.2, 0.25) is 0 Å². The van der Waals surface area contributed by atoms with Crippen LogP contribution in [0.25, 0.3) is 0 Å². The number of thiazole rings is 1. The highest BCUT2D eigenvalue weighted by Crippen LogP contribution is 2.17. The van der Waals surface area contributed by atoms with Crippen LogP contribution in [0.1, 0.15) is 35.3 Å². The Morgan fingerprint density at radius 1 is 1.58 bits per heavy atom. The van der Waals surface area contributed by atoms with Gasteiger partial charge in [0.05, 0.1) is 0 Å². The van der Waals surface area contributed by atoms with Crippen molar-refractivity contribution in [3.05, 3.63) is 16.1 Å². The van der Waals surface area contributed by atoms with Gasteiger partial charge in [0.25, 0.3) is 5.91 Å². The molecule has 0 aromatic carbocycles. The molecule has 6 heteroatoms. The number of amides is 1. The van der Waals surface area contributed by atoms with Crippen molar-refractivity contribution in [2.75, 3.05) is 26.7 Å². The van der Waals surface area contributed by atoms with Gasteiger partial charge in [-0.25, -0.2) is 4.98 Å². The molecule has 2 N–H and O–H groups in total. The molecule has 1 amide bonds. The zero-order valence-corrected chi connectivity index (χ0v) is 12.4. The van der Waals surface area contributed by atoms with E-state index in [1.165, 1.54) is 11.3 Å². The molecule has 0 bridgehead atoms. The molecule has 1 saturated heterocycles. The monoisotopic (exact) mass is 282 g/mol. The maximum Gasteiger partial charge on any atom is 0.273 e. The van der Waals surface area contributed by atoms with Crippen molar-refractivity contribution in [2.24, 2.45) is 5.73 Å². The average Bonchev–Trinajstić information content (AvgIpc) is 2.81. The number of hydrogen-bond donors (Lipinski definition) is 1. The predicted octanol–water partition coefficient (Wildman–Crippen LogP) is 1.16. The lowest BCUT2D eigenvalue weighted by atomic mass is 10.1. The van der Waals surface area contributed by atoms with E-state index >= 15 is 0 Å². The van der Waals surface area contributed by atoms with Gasteiger partial charge in [-0.3, -0.25) is 4.79 Å². The molecule has 1 aliphatic rings. The summed E-state index contributed by atoms with van der Waals surface area (Å²) in [6, 6.07) is 0.281. The number of rotatable bonds is 3. The Kier molecular flexibility index (Phi) is 4.90. The summed E-state index contributed by atoms with van der Waals surface area (Å²) in [4.78, 5) is 21.2. The van der Waals surface area contributed by atoms with Crippen LogP contribution < -0.4 is 5.73 Å². The fourth-order valence-electron chi connectivity index (χ4n) is 2.51. The summed E-state index contributed by atoms with van der Waals surface area (Å²) in [5.41, 5.74) is 6.10. The maximum absolute atomic E-state index is 12.6. The lowest BCUT2D eigenvalue weighted by Crippen LogP contribution is -2.43. The minimum Gasteiger partial charge on any atom is -0.333 e. The van der Waals surface area contributed by atoms with Crippen molar-refractivity contribution in [3.8, 4) is 0 Å². The number of nitrogens with zero attached hydrogens (tertiary/aromatic N) is 3. The summed E-state index contributed by atoms with van der Waals surface area (Å²) in [7, 11) is 2.12. The third-order valence-electron chi connectivity index (χ3n) is 3.58. The maximum atomic E-state index is 12.6. The number of likely N-dealkylation sites (N-methyl/N-ethyl adjacent to an activating group) is 1. The molecule has 19 heavy (non-hydrogen) atoms. The highest BCUT2D eigenvalue weighted by Gasteiger charge is 2.28. The van der Waals surface area contributed by atoms with E-state index in [-0.39, 0.29) is 11.9 Å². The van der Waals surface area contributed by atoms with E-state index < -0.39 is 0 Å². The molecule has 106 valence electrons. The topological polar surface area (TPSA) is 62.5 Å². The van der Waals surface area contributed by atoms with Gasteiger partial charge in [0.15, 0.2) is 0 Å². The number of carbonyl (C=O) groups excluding carboxylic acids is 1. The van der Waals surface area contributed by atoms with Crippen molar-refractivity contribution in [3.63, 3.8) is 0 Å². The SMILES string of the molecule is CCC1CN(C)CCCN1C(=O)c1csc(CN)n1. The Morgan fingerprint density at radius 2 is 2.37 bits per heavy atom. The van der Waals surface area contributed by atoms with Crippen LogP contribution in [0.5, 0.6) is 0 Å². The quantitative estimate of drug-likeness (QED) is 0.903. The summed E-state index contributed by atoms with van der Waals surface area (Å²) in [5.74, 6) is 0.0538. The first-order chi connectivity index (χ1) is 9.15. The first kappa shape index (κ1) is 14.4. The largest absolute Gasteiger partial charge is 0.333 e. The molecule has 5 nitrogen and oxygen atoms in total. The molecule has 0 radical (unpaired) electrons. The number of aromatic nitrogens is 1. The third-order valence-corrected chi connectivity index (χ3v) is 4.45. The van der Waals surface area contributed by atoms with E-state index in [0.717, 1.165) is 37.5 Å². The highest BCUT2D eigenvalue weighted by atomic mass is 32.1. The highest BCUT2D eigenvalue weighted by molar-refractivity contribution is 7.09. The second-order valence-corrected chi connectivity index (χ2v) is 5.95. The van der Waals surface area contributed by atoms with Crippen molar-refractivity contribution in [1.82, 2.24) is 14.8 Å². The van der Waals surface area contributed by atoms with Crippen LogP contribution in [0.15, 0.2) is 5.38 Å². The molecule has 0 aliphatic carbocycles. The van der Waals surface area contributed by atoms with E-state index in [9.17, 15) is 4.79 Å². The van der Waals surface area contributed by atoms with Crippen LogP contribution in [0.2, 0.25) is 0 Å². The second kappa shape index (κ2) is 6.45. The molecule has 1 unspecified atom stereocenters. The molecule has 1 fully saturated rings. The van der Waals surface area contributed by atoms with Crippen molar-refractivity contribution >= 4 is 17.2 Å². The Hall–Kier alpha value is -0.980. The van der Waals surface area contributed by atoms with Crippen LogP contribution in [0.3, 0.4) is 0 Å². The Balaban J connectivity index is 2.15. The van der Waals surface area contributed by atoms with E-state index in [0.29, 0.717) is 12.2 Å². The molecule has 1 aromatic heterocycles. The summed E-state index contributed by atoms with van der Waals surface area (Å²) < 4.78 is 0. The molecule has 0 spiro atoms. The van der Waals surface area contributed by atoms with Crippen LogP contribution in [-0.4, -0.2) is 53.4 Å². The first-order valence-electron chi connectivity index (χ1n) is 6.79. The van der Waals surface area contributed by atoms with Gasteiger partial charge in [-0.2, -0.15) is 0 Å². The van der Waals surface area contributed by atoms with Gasteiger partial charge < -0.3 is 15.5 Å². The van der Waals surface area contributed by atoms with Gasteiger partial charge in [0, 0.05) is 31.1 Å². The summed E-state index contributed by atoms with van der Waals surface area (Å²) in [6.45, 7) is 5.34. The van der Waals surface area contributed by atoms with E-state index in [2.05, 4.69) is 23.9 Å². The minimum atomic E-state index is 0.0538. The molecule has 1 aromatic rings. The predicted molar refractivity (Wildman–Crippen MR) is 77.2 cm³/mol. The van der Waals surface area contributed by atoms with E-state index in [4.69, 9.17) is 5.73 Å². The Labute approximate surface area is 118 Å². The smallest absolute Gasteiger partial charge is 0.273 e. The normalized spacial score (nSPS) is 21.4.